The van der Waals surface area contributed by atoms with Crippen molar-refractivity contribution in [3.05, 3.63) is 24.4 Å². The summed E-state index contributed by atoms with van der Waals surface area (Å²) in [6.07, 6.45) is 6.22. The first-order chi connectivity index (χ1) is 9.20. The van der Waals surface area contributed by atoms with Crippen LogP contribution in [-0.2, 0) is 0 Å². The summed E-state index contributed by atoms with van der Waals surface area (Å²) in [7, 11) is 2.12. The molecule has 1 unspecified atom stereocenters. The Balaban J connectivity index is 1.97. The highest BCUT2D eigenvalue weighted by atomic mass is 32.1. The molecule has 0 spiro atoms. The van der Waals surface area contributed by atoms with Crippen LogP contribution in [0.3, 0.4) is 0 Å². The van der Waals surface area contributed by atoms with E-state index >= 15 is 0 Å². The van der Waals surface area contributed by atoms with Gasteiger partial charge in [-0.1, -0.05) is 19.1 Å². The number of ether oxygens (including phenoxy) is 1. The number of hydrogen-bond acceptors (Lipinski definition) is 5. The number of rotatable bonds is 6. The first-order valence-electron chi connectivity index (χ1n) is 6.66. The van der Waals surface area contributed by atoms with Gasteiger partial charge in [0.15, 0.2) is 0 Å². The van der Waals surface area contributed by atoms with E-state index in [1.807, 2.05) is 6.08 Å². The molecule has 0 aromatic carbocycles. The molecule has 0 saturated carbocycles. The number of nitrogens with zero attached hydrogens (tertiary/aromatic N) is 3. The zero-order valence-corrected chi connectivity index (χ0v) is 12.4. The Hall–Kier alpha value is -1.20. The average Bonchev–Trinajstić information content (AvgIpc) is 2.87. The molecule has 0 amide bonds. The van der Waals surface area contributed by atoms with Crippen LogP contribution in [0.5, 0.6) is 5.88 Å². The normalized spacial score (nSPS) is 17.9. The number of allylic oxidation sites excluding steroid dienone is 1. The zero-order chi connectivity index (χ0) is 13.7. The molecule has 0 aliphatic carbocycles. The van der Waals surface area contributed by atoms with Crippen LogP contribution in [0, 0.1) is 5.92 Å². The van der Waals surface area contributed by atoms with Gasteiger partial charge < -0.3 is 9.64 Å². The average molecular weight is 279 g/mol. The van der Waals surface area contributed by atoms with Crippen LogP contribution in [0.15, 0.2) is 18.7 Å². The Bertz CT molecular complexity index is 455. The maximum absolute atomic E-state index is 5.77. The fraction of sp³-hybridized carbons (Fsp3) is 0.571. The van der Waals surface area contributed by atoms with E-state index in [2.05, 4.69) is 40.3 Å². The van der Waals surface area contributed by atoms with Crippen molar-refractivity contribution in [2.45, 2.75) is 19.8 Å². The van der Waals surface area contributed by atoms with Crippen molar-refractivity contribution in [1.82, 2.24) is 13.6 Å². The molecule has 1 aromatic rings. The van der Waals surface area contributed by atoms with E-state index in [1.54, 1.807) is 0 Å². The molecule has 0 N–H and O–H groups in total. The summed E-state index contributed by atoms with van der Waals surface area (Å²) in [5, 5.41) is 0. The molecule has 4 nitrogen and oxygen atoms in total. The quantitative estimate of drug-likeness (QED) is 0.751. The third-order valence-corrected chi connectivity index (χ3v) is 3.83. The lowest BCUT2D eigenvalue weighted by Gasteiger charge is -2.22. The molecule has 1 aliphatic heterocycles. The molecule has 104 valence electrons. The zero-order valence-electron chi connectivity index (χ0n) is 11.6. The predicted molar refractivity (Wildman–Crippen MR) is 79.5 cm³/mol. The standard InChI is InChI=1S/C14H21N3OS/c1-4-11(2)7-9-18-14-13(15-19-16-14)12-6-5-8-17(3)10-12/h4,6,11H,1,5,7-10H2,2-3H3. The fourth-order valence-electron chi connectivity index (χ4n) is 2.00. The molecule has 1 atom stereocenters. The third kappa shape index (κ3) is 3.88. The van der Waals surface area contributed by atoms with Crippen molar-refractivity contribution in [2.75, 3.05) is 26.7 Å². The summed E-state index contributed by atoms with van der Waals surface area (Å²) in [6.45, 7) is 8.60. The molecule has 1 aromatic heterocycles. The van der Waals surface area contributed by atoms with E-state index in [1.165, 1.54) is 17.3 Å². The van der Waals surface area contributed by atoms with Gasteiger partial charge in [-0.05, 0) is 31.4 Å². The molecular formula is C14H21N3OS. The lowest BCUT2D eigenvalue weighted by atomic mass is 10.1. The lowest BCUT2D eigenvalue weighted by molar-refractivity contribution is 0.286. The molecule has 0 saturated heterocycles. The first kappa shape index (κ1) is 14.2. The Morgan fingerprint density at radius 1 is 1.58 bits per heavy atom. The van der Waals surface area contributed by atoms with Crippen LogP contribution in [0.4, 0.5) is 0 Å². The summed E-state index contributed by atoms with van der Waals surface area (Å²) in [6, 6.07) is 0. The van der Waals surface area contributed by atoms with Crippen molar-refractivity contribution >= 4 is 17.3 Å². The van der Waals surface area contributed by atoms with Gasteiger partial charge in [-0.15, -0.1) is 11.0 Å². The molecule has 5 heteroatoms. The highest BCUT2D eigenvalue weighted by Gasteiger charge is 2.18. The fourth-order valence-corrected chi connectivity index (χ4v) is 2.53. The monoisotopic (exact) mass is 279 g/mol. The molecule has 2 rings (SSSR count). The Morgan fingerprint density at radius 3 is 3.16 bits per heavy atom. The molecule has 0 fully saturated rings. The molecule has 2 heterocycles. The van der Waals surface area contributed by atoms with E-state index in [4.69, 9.17) is 4.74 Å². The van der Waals surface area contributed by atoms with Crippen LogP contribution >= 0.6 is 11.7 Å². The van der Waals surface area contributed by atoms with Crippen LogP contribution in [0.2, 0.25) is 0 Å². The minimum absolute atomic E-state index is 0.468. The largest absolute Gasteiger partial charge is 0.475 e. The molecule has 19 heavy (non-hydrogen) atoms. The summed E-state index contributed by atoms with van der Waals surface area (Å²) < 4.78 is 14.4. The van der Waals surface area contributed by atoms with Gasteiger partial charge >= 0.3 is 0 Å². The van der Waals surface area contributed by atoms with Crippen molar-refractivity contribution in [3.8, 4) is 5.88 Å². The summed E-state index contributed by atoms with van der Waals surface area (Å²) in [5.74, 6) is 1.15. The Kier molecular flexibility index (Phi) is 5.10. The van der Waals surface area contributed by atoms with Gasteiger partial charge in [0.05, 0.1) is 18.3 Å². The van der Waals surface area contributed by atoms with E-state index in [0.717, 1.165) is 31.6 Å². The molecule has 0 bridgehead atoms. The van der Waals surface area contributed by atoms with Crippen LogP contribution in [0.1, 0.15) is 25.5 Å². The van der Waals surface area contributed by atoms with Crippen molar-refractivity contribution in [3.63, 3.8) is 0 Å². The smallest absolute Gasteiger partial charge is 0.253 e. The van der Waals surface area contributed by atoms with Gasteiger partial charge in [0.25, 0.3) is 5.88 Å². The number of hydrogen-bond donors (Lipinski definition) is 0. The maximum atomic E-state index is 5.77. The predicted octanol–water partition coefficient (Wildman–Crippen LogP) is 2.85. The van der Waals surface area contributed by atoms with Gasteiger partial charge in [-0.3, -0.25) is 0 Å². The highest BCUT2D eigenvalue weighted by molar-refractivity contribution is 6.99. The summed E-state index contributed by atoms with van der Waals surface area (Å²) in [5.41, 5.74) is 2.15. The second-order valence-electron chi connectivity index (χ2n) is 5.02. The lowest BCUT2D eigenvalue weighted by Crippen LogP contribution is -2.25. The first-order valence-corrected chi connectivity index (χ1v) is 7.39. The van der Waals surface area contributed by atoms with Crippen LogP contribution in [-0.4, -0.2) is 40.4 Å². The Labute approximate surface area is 119 Å². The second-order valence-corrected chi connectivity index (χ2v) is 5.55. The summed E-state index contributed by atoms with van der Waals surface area (Å²) in [4.78, 5) is 2.29. The van der Waals surface area contributed by atoms with Gasteiger partial charge in [-0.2, -0.15) is 4.37 Å². The second kappa shape index (κ2) is 6.82. The maximum Gasteiger partial charge on any atom is 0.253 e. The highest BCUT2D eigenvalue weighted by Crippen LogP contribution is 2.27. The SMILES string of the molecule is C=CC(C)CCOc1nsnc1C1=CCCN(C)C1. The number of aromatic nitrogens is 2. The Morgan fingerprint density at radius 2 is 2.42 bits per heavy atom. The molecular weight excluding hydrogens is 258 g/mol. The van der Waals surface area contributed by atoms with Crippen molar-refractivity contribution < 1.29 is 4.74 Å². The van der Waals surface area contributed by atoms with Crippen LogP contribution < -0.4 is 4.74 Å². The summed E-state index contributed by atoms with van der Waals surface area (Å²) >= 11 is 1.22. The van der Waals surface area contributed by atoms with E-state index in [-0.39, 0.29) is 0 Å². The van der Waals surface area contributed by atoms with E-state index < -0.39 is 0 Å². The minimum Gasteiger partial charge on any atom is -0.475 e. The molecule has 1 aliphatic rings. The van der Waals surface area contributed by atoms with Gasteiger partial charge in [-0.25, -0.2) is 0 Å². The van der Waals surface area contributed by atoms with E-state index in [0.29, 0.717) is 18.4 Å². The van der Waals surface area contributed by atoms with Gasteiger partial charge in [0, 0.05) is 13.1 Å². The van der Waals surface area contributed by atoms with E-state index in [9.17, 15) is 0 Å². The van der Waals surface area contributed by atoms with Gasteiger partial charge in [0.2, 0.25) is 0 Å². The number of likely N-dealkylation sites (N-methyl/N-ethyl adjacent to an activating group) is 1. The topological polar surface area (TPSA) is 38.3 Å². The third-order valence-electron chi connectivity index (χ3n) is 3.32. The van der Waals surface area contributed by atoms with Crippen molar-refractivity contribution in [1.29, 1.82) is 0 Å². The molecule has 0 radical (unpaired) electrons. The minimum atomic E-state index is 0.468. The van der Waals surface area contributed by atoms with Crippen LogP contribution in [0.25, 0.3) is 5.57 Å². The van der Waals surface area contributed by atoms with Gasteiger partial charge in [0.1, 0.15) is 5.69 Å². The van der Waals surface area contributed by atoms with Crippen molar-refractivity contribution in [2.24, 2.45) is 5.92 Å².